The maximum atomic E-state index is 11.8. The largest absolute Gasteiger partial charge is 0.375 e. The zero-order chi connectivity index (χ0) is 55.7. The molecular formula is C62H105N13O2. The van der Waals surface area contributed by atoms with Gasteiger partial charge in [-0.3, -0.25) is 18.5 Å². The minimum absolute atomic E-state index is 0. The Morgan fingerprint density at radius 1 is 0.623 bits per heavy atom. The van der Waals surface area contributed by atoms with Crippen LogP contribution >= 0.6 is 0 Å². The average molecular weight is 1060 g/mol. The summed E-state index contributed by atoms with van der Waals surface area (Å²) >= 11 is 0. The van der Waals surface area contributed by atoms with Crippen LogP contribution in [0, 0.1) is 6.92 Å². The first-order valence-electron chi connectivity index (χ1n) is 27.2. The van der Waals surface area contributed by atoms with Crippen molar-refractivity contribution >= 4 is 22.3 Å². The molecule has 0 unspecified atom stereocenters. The highest BCUT2D eigenvalue weighted by atomic mass is 16.5. The normalized spacial score (nSPS) is 11.6. The molecule has 8 aromatic rings. The Kier molecular flexibility index (Phi) is 35.6. The van der Waals surface area contributed by atoms with Gasteiger partial charge in [-0.25, -0.2) is 39.7 Å². The van der Waals surface area contributed by atoms with E-state index in [2.05, 4.69) is 139 Å². The Morgan fingerprint density at radius 3 is 1.86 bits per heavy atom. The van der Waals surface area contributed by atoms with Crippen LogP contribution in [0.15, 0.2) is 79.0 Å². The van der Waals surface area contributed by atoms with E-state index in [1.165, 1.54) is 39.2 Å². The Morgan fingerprint density at radius 2 is 1.25 bits per heavy atom. The number of aromatic nitrogens is 12. The number of fused-ring (bicyclic) bond motifs is 5. The predicted molar refractivity (Wildman–Crippen MR) is 328 cm³/mol. The molecule has 0 saturated heterocycles. The number of pyridine rings is 2. The van der Waals surface area contributed by atoms with Gasteiger partial charge in [-0.2, -0.15) is 0 Å². The number of imidazole rings is 3. The third-order valence-electron chi connectivity index (χ3n) is 11.8. The van der Waals surface area contributed by atoms with Gasteiger partial charge in [0.05, 0.1) is 54.5 Å². The topological polar surface area (TPSA) is 160 Å². The highest BCUT2D eigenvalue weighted by Crippen LogP contribution is 2.25. The molecule has 2 aliphatic rings. The summed E-state index contributed by atoms with van der Waals surface area (Å²) in [6.07, 6.45) is 16.9. The van der Waals surface area contributed by atoms with Crippen LogP contribution in [0.4, 0.5) is 0 Å². The monoisotopic (exact) mass is 1060 g/mol. The Labute approximate surface area is 466 Å². The molecule has 0 fully saturated rings. The fourth-order valence-corrected chi connectivity index (χ4v) is 8.04. The lowest BCUT2D eigenvalue weighted by Crippen LogP contribution is -2.25. The van der Waals surface area contributed by atoms with Crippen molar-refractivity contribution in [3.05, 3.63) is 141 Å². The molecule has 15 nitrogen and oxygen atoms in total. The number of rotatable bonds is 5. The van der Waals surface area contributed by atoms with Crippen LogP contribution < -0.4 is 11.0 Å². The van der Waals surface area contributed by atoms with E-state index in [9.17, 15) is 4.79 Å². The molecule has 0 aromatic carbocycles. The third-order valence-corrected chi connectivity index (χ3v) is 11.8. The van der Waals surface area contributed by atoms with E-state index in [1.54, 1.807) is 42.1 Å². The van der Waals surface area contributed by atoms with Crippen molar-refractivity contribution < 1.29 is 4.74 Å². The number of aryl methyl sites for hydroxylation is 3. The molecule has 2 aliphatic heterocycles. The molecule has 8 aromatic heterocycles. The summed E-state index contributed by atoms with van der Waals surface area (Å²) in [6.45, 7) is 43.0. The first-order valence-corrected chi connectivity index (χ1v) is 27.2. The summed E-state index contributed by atoms with van der Waals surface area (Å²) in [5.74, 6) is 3.15. The fourth-order valence-electron chi connectivity index (χ4n) is 8.04. The quantitative estimate of drug-likeness (QED) is 0.175. The molecule has 0 atom stereocenters. The highest BCUT2D eigenvalue weighted by molar-refractivity contribution is 5.74. The number of ether oxygens (including phenoxy) is 1. The SMILES string of the molecule is C.C.C.CC.CC.CC.CC.CC(C)c1ccn2cncc2c1.CC(C)c1ccn2cncc2n1.CC(C)c1ccnc2c1CCNC2.CC(C)c1ncnc2c1CCOC2.Cc1nc(C(C)C)c2c(n1)n(C)c(=O)n2C. The van der Waals surface area contributed by atoms with E-state index in [1.807, 2.05) is 102 Å². The summed E-state index contributed by atoms with van der Waals surface area (Å²) in [5.41, 5.74) is 14.8. The van der Waals surface area contributed by atoms with Gasteiger partial charge in [-0.1, -0.05) is 147 Å². The first kappa shape index (κ1) is 72.9. The maximum absolute atomic E-state index is 11.8. The minimum Gasteiger partial charge on any atom is -0.375 e. The molecule has 0 spiro atoms. The number of hydrogen-bond acceptors (Lipinski definition) is 11. The van der Waals surface area contributed by atoms with E-state index in [0.717, 1.165) is 60.8 Å². The van der Waals surface area contributed by atoms with E-state index in [-0.39, 0.29) is 33.9 Å². The van der Waals surface area contributed by atoms with Crippen LogP contribution in [0.5, 0.6) is 0 Å². The Balaban J connectivity index is 0. The van der Waals surface area contributed by atoms with Crippen molar-refractivity contribution in [1.82, 2.24) is 63.1 Å². The fraction of sp³-hybridized carbons (Fsp3) is 0.565. The maximum Gasteiger partial charge on any atom is 0.329 e. The van der Waals surface area contributed by atoms with Crippen molar-refractivity contribution in [2.75, 3.05) is 13.2 Å². The van der Waals surface area contributed by atoms with E-state index in [0.29, 0.717) is 41.8 Å². The molecule has 1 N–H and O–H groups in total. The number of nitrogens with zero attached hydrogens (tertiary/aromatic N) is 12. The van der Waals surface area contributed by atoms with Crippen LogP contribution in [0.2, 0.25) is 0 Å². The molecule has 0 aliphatic carbocycles. The van der Waals surface area contributed by atoms with Gasteiger partial charge in [0.2, 0.25) is 0 Å². The molecule has 10 heterocycles. The van der Waals surface area contributed by atoms with Gasteiger partial charge in [0.1, 0.15) is 24.0 Å². The summed E-state index contributed by atoms with van der Waals surface area (Å²) < 4.78 is 12.4. The smallest absolute Gasteiger partial charge is 0.329 e. The molecule has 0 bridgehead atoms. The van der Waals surface area contributed by atoms with Crippen molar-refractivity contribution in [2.24, 2.45) is 14.1 Å². The van der Waals surface area contributed by atoms with Gasteiger partial charge in [0, 0.05) is 56.2 Å². The van der Waals surface area contributed by atoms with Crippen LogP contribution in [-0.2, 0) is 44.8 Å². The molecule has 10 rings (SSSR count). The number of nitrogens with one attached hydrogen (secondary N) is 1. The zero-order valence-corrected chi connectivity index (χ0v) is 49.2. The second-order valence-corrected chi connectivity index (χ2v) is 18.4. The zero-order valence-electron chi connectivity index (χ0n) is 49.2. The standard InChI is InChI=1S/C11H16N4O.C11H16N2.C10H14N2O.C10H12N2.C9H11N3.4C2H6.3CH4/c1-6(2)8-9-10(13-7(3)12-8)15(5)11(16)14(9)4;1-8(2)9-4-6-13-11-7-12-5-3-10(9)11;1-7(2)10-8-3-4-13-5-9(8)11-6-12-10;1-8(2)9-3-4-12-7-11-6-10(12)5-9;1-7(2)8-3-4-12-6-10-5-9(12)11-8;4*1-2;;;/h6H,1-5H3;4,6,8,12H,3,5,7H2,1-2H3;6-7H,3-5H2,1-2H3;3-8H,1-2H3;3-7H,1-2H3;4*1-2H3;3*1H4. The van der Waals surface area contributed by atoms with E-state index >= 15 is 0 Å². The van der Waals surface area contributed by atoms with Crippen LogP contribution in [0.1, 0.15) is 233 Å². The van der Waals surface area contributed by atoms with Crippen LogP contribution in [0.25, 0.3) is 22.3 Å². The second-order valence-electron chi connectivity index (χ2n) is 18.4. The van der Waals surface area contributed by atoms with Gasteiger partial charge in [-0.05, 0) is 96.9 Å². The van der Waals surface area contributed by atoms with Gasteiger partial charge < -0.3 is 14.5 Å². The average Bonchev–Trinajstić information content (AvgIpc) is 4.16. The van der Waals surface area contributed by atoms with Crippen LogP contribution in [0.3, 0.4) is 0 Å². The molecule has 430 valence electrons. The Hall–Kier alpha value is -6.19. The number of hydrogen-bond donors (Lipinski definition) is 1. The predicted octanol–water partition coefficient (Wildman–Crippen LogP) is 14.9. The van der Waals surface area contributed by atoms with Gasteiger partial charge in [0.15, 0.2) is 11.3 Å². The van der Waals surface area contributed by atoms with Gasteiger partial charge in [0.25, 0.3) is 0 Å². The molecule has 77 heavy (non-hydrogen) atoms. The molecule has 0 amide bonds. The third kappa shape index (κ3) is 20.3. The van der Waals surface area contributed by atoms with E-state index in [4.69, 9.17) is 4.74 Å². The summed E-state index contributed by atoms with van der Waals surface area (Å²) in [6, 6.07) is 8.51. The minimum atomic E-state index is -0.0585. The van der Waals surface area contributed by atoms with Gasteiger partial charge in [-0.15, -0.1) is 0 Å². The summed E-state index contributed by atoms with van der Waals surface area (Å²) in [4.78, 5) is 46.0. The molecular weight excluding hydrogens is 959 g/mol. The lowest BCUT2D eigenvalue weighted by atomic mass is 9.93. The first-order chi connectivity index (χ1) is 35.5. The van der Waals surface area contributed by atoms with Crippen LogP contribution in [-0.4, -0.2) is 71.0 Å². The summed E-state index contributed by atoms with van der Waals surface area (Å²) in [7, 11) is 3.50. The molecule has 0 saturated carbocycles. The van der Waals surface area contributed by atoms with Crippen molar-refractivity contribution in [3.8, 4) is 0 Å². The molecule has 15 heteroatoms. The lowest BCUT2D eigenvalue weighted by molar-refractivity contribution is 0.106. The second kappa shape index (κ2) is 37.6. The van der Waals surface area contributed by atoms with Crippen molar-refractivity contribution in [2.45, 2.75) is 209 Å². The van der Waals surface area contributed by atoms with Crippen molar-refractivity contribution in [1.29, 1.82) is 0 Å². The lowest BCUT2D eigenvalue weighted by Gasteiger charge is -2.20. The highest BCUT2D eigenvalue weighted by Gasteiger charge is 2.19. The Bertz CT molecular complexity index is 2760. The van der Waals surface area contributed by atoms with E-state index < -0.39 is 0 Å². The van der Waals surface area contributed by atoms with Gasteiger partial charge >= 0.3 is 5.69 Å². The summed E-state index contributed by atoms with van der Waals surface area (Å²) in [5, 5.41) is 3.34. The molecule has 0 radical (unpaired) electrons. The van der Waals surface area contributed by atoms with Crippen molar-refractivity contribution in [3.63, 3.8) is 0 Å².